The third-order valence-corrected chi connectivity index (χ3v) is 4.90. The quantitative estimate of drug-likeness (QED) is 0.458. The minimum atomic E-state index is -0.256. The first kappa shape index (κ1) is 21.0. The molecular weight excluding hydrogens is 408 g/mol. The molecule has 2 amide bonds. The highest BCUT2D eigenvalue weighted by molar-refractivity contribution is 6.05. The second-order valence-corrected chi connectivity index (χ2v) is 7.26. The van der Waals surface area contributed by atoms with Crippen molar-refractivity contribution in [2.75, 3.05) is 5.32 Å². The largest absolute Gasteiger partial charge is 0.469 e. The van der Waals surface area contributed by atoms with Gasteiger partial charge in [-0.1, -0.05) is 12.1 Å². The normalized spacial score (nSPS) is 10.7. The molecule has 3 aromatic heterocycles. The predicted molar refractivity (Wildman–Crippen MR) is 118 cm³/mol. The van der Waals surface area contributed by atoms with Gasteiger partial charge in [-0.05, 0) is 49.7 Å². The number of hydrogen-bond donors (Lipinski definition) is 2. The van der Waals surface area contributed by atoms with Crippen LogP contribution in [0.3, 0.4) is 0 Å². The third kappa shape index (κ3) is 4.92. The van der Waals surface area contributed by atoms with Crippen molar-refractivity contribution in [1.82, 2.24) is 15.3 Å². The van der Waals surface area contributed by atoms with E-state index in [1.54, 1.807) is 50.5 Å². The molecule has 4 rings (SSSR count). The van der Waals surface area contributed by atoms with Crippen molar-refractivity contribution >= 4 is 17.5 Å². The molecule has 0 atom stereocenters. The van der Waals surface area contributed by atoms with Gasteiger partial charge in [0.25, 0.3) is 5.91 Å². The molecule has 0 fully saturated rings. The highest BCUT2D eigenvalue weighted by Crippen LogP contribution is 2.25. The fourth-order valence-corrected chi connectivity index (χ4v) is 3.20. The zero-order valence-corrected chi connectivity index (χ0v) is 17.7. The van der Waals surface area contributed by atoms with Crippen LogP contribution in [0.1, 0.15) is 33.1 Å². The van der Waals surface area contributed by atoms with Gasteiger partial charge in [0.05, 0.1) is 24.8 Å². The van der Waals surface area contributed by atoms with E-state index in [0.717, 1.165) is 5.56 Å². The van der Waals surface area contributed by atoms with Gasteiger partial charge in [0.1, 0.15) is 17.2 Å². The van der Waals surface area contributed by atoms with Gasteiger partial charge in [-0.15, -0.1) is 0 Å². The topological polar surface area (TPSA) is 110 Å². The lowest BCUT2D eigenvalue weighted by Crippen LogP contribution is -2.25. The first-order valence-electron chi connectivity index (χ1n) is 10.1. The number of amides is 2. The monoisotopic (exact) mass is 430 g/mol. The molecule has 8 nitrogen and oxygen atoms in total. The molecule has 162 valence electrons. The average Bonchev–Trinajstić information content (AvgIpc) is 3.38. The molecule has 0 aliphatic rings. The lowest BCUT2D eigenvalue weighted by Gasteiger charge is -2.05. The molecule has 2 N–H and O–H groups in total. The summed E-state index contributed by atoms with van der Waals surface area (Å²) in [6, 6.07) is 12.5. The summed E-state index contributed by atoms with van der Waals surface area (Å²) in [5.41, 5.74) is 3.28. The lowest BCUT2D eigenvalue weighted by atomic mass is 10.2. The molecule has 0 radical (unpaired) electrons. The van der Waals surface area contributed by atoms with Crippen molar-refractivity contribution < 1.29 is 18.4 Å². The molecule has 0 saturated carbocycles. The molecule has 0 aliphatic carbocycles. The Kier molecular flexibility index (Phi) is 6.12. The number of oxazole rings is 1. The number of rotatable bonds is 7. The Morgan fingerprint density at radius 2 is 1.94 bits per heavy atom. The van der Waals surface area contributed by atoms with Gasteiger partial charge in [0, 0.05) is 23.6 Å². The summed E-state index contributed by atoms with van der Waals surface area (Å²) in [4.78, 5) is 33.2. The number of aryl methyl sites for hydroxylation is 2. The van der Waals surface area contributed by atoms with Crippen LogP contribution in [0.15, 0.2) is 70.0 Å². The summed E-state index contributed by atoms with van der Waals surface area (Å²) in [7, 11) is 0. The summed E-state index contributed by atoms with van der Waals surface area (Å²) in [5, 5.41) is 5.71. The van der Waals surface area contributed by atoms with Gasteiger partial charge in [-0.2, -0.15) is 0 Å². The summed E-state index contributed by atoms with van der Waals surface area (Å²) in [5.74, 6) is 1.20. The van der Waals surface area contributed by atoms with Crippen LogP contribution >= 0.6 is 0 Å². The Morgan fingerprint density at radius 1 is 1.06 bits per heavy atom. The van der Waals surface area contributed by atoms with Crippen LogP contribution in [0.25, 0.3) is 11.5 Å². The Morgan fingerprint density at radius 3 is 2.69 bits per heavy atom. The minimum Gasteiger partial charge on any atom is -0.469 e. The van der Waals surface area contributed by atoms with Gasteiger partial charge in [-0.25, -0.2) is 4.98 Å². The van der Waals surface area contributed by atoms with Crippen molar-refractivity contribution in [3.63, 3.8) is 0 Å². The molecule has 4 aromatic rings. The van der Waals surface area contributed by atoms with Crippen LogP contribution in [-0.4, -0.2) is 21.8 Å². The second-order valence-electron chi connectivity index (χ2n) is 7.26. The van der Waals surface area contributed by atoms with E-state index in [1.807, 2.05) is 18.2 Å². The maximum absolute atomic E-state index is 12.4. The number of anilines is 1. The highest BCUT2D eigenvalue weighted by Gasteiger charge is 2.15. The standard InChI is InChI=1S/C24H22N4O4/c1-15-20(8-10-31-15)23(30)27-19-7-3-6-18(12-19)24-28-21(16(2)32-24)14-26-22(29)11-17-5-4-9-25-13-17/h3-10,12-13H,11,14H2,1-2H3,(H,26,29)(H,27,30). The van der Waals surface area contributed by atoms with Crippen LogP contribution in [0.5, 0.6) is 0 Å². The summed E-state index contributed by atoms with van der Waals surface area (Å²) < 4.78 is 11.0. The van der Waals surface area contributed by atoms with Gasteiger partial charge < -0.3 is 19.5 Å². The van der Waals surface area contributed by atoms with Crippen LogP contribution in [0.4, 0.5) is 5.69 Å². The number of pyridine rings is 1. The van der Waals surface area contributed by atoms with Crippen LogP contribution in [0, 0.1) is 13.8 Å². The molecule has 3 heterocycles. The lowest BCUT2D eigenvalue weighted by molar-refractivity contribution is -0.120. The summed E-state index contributed by atoms with van der Waals surface area (Å²) in [6.45, 7) is 3.79. The summed E-state index contributed by atoms with van der Waals surface area (Å²) >= 11 is 0. The zero-order valence-electron chi connectivity index (χ0n) is 17.7. The minimum absolute atomic E-state index is 0.124. The van der Waals surface area contributed by atoms with Crippen LogP contribution in [-0.2, 0) is 17.8 Å². The van der Waals surface area contributed by atoms with Crippen molar-refractivity contribution in [3.8, 4) is 11.5 Å². The predicted octanol–water partition coefficient (Wildman–Crippen LogP) is 4.06. The Balaban J connectivity index is 1.42. The van der Waals surface area contributed by atoms with E-state index in [1.165, 1.54) is 6.26 Å². The van der Waals surface area contributed by atoms with Crippen LogP contribution < -0.4 is 10.6 Å². The molecule has 0 aliphatic heterocycles. The first-order valence-corrected chi connectivity index (χ1v) is 10.1. The maximum atomic E-state index is 12.4. The zero-order chi connectivity index (χ0) is 22.5. The van der Waals surface area contributed by atoms with E-state index < -0.39 is 0 Å². The number of nitrogens with one attached hydrogen (secondary N) is 2. The molecule has 8 heteroatoms. The number of aromatic nitrogens is 2. The SMILES string of the molecule is Cc1occc1C(=O)Nc1cccc(-c2nc(CNC(=O)Cc3cccnc3)c(C)o2)c1. The van der Waals surface area contributed by atoms with Gasteiger partial charge in [-0.3, -0.25) is 14.6 Å². The number of carbonyl (C=O) groups excluding carboxylic acids is 2. The van der Waals surface area contributed by atoms with E-state index in [-0.39, 0.29) is 24.8 Å². The van der Waals surface area contributed by atoms with Crippen molar-refractivity contribution in [3.05, 3.63) is 89.5 Å². The molecule has 0 saturated heterocycles. The Labute approximate surface area is 184 Å². The van der Waals surface area contributed by atoms with Gasteiger partial charge >= 0.3 is 0 Å². The van der Waals surface area contributed by atoms with Crippen molar-refractivity contribution in [1.29, 1.82) is 0 Å². The Bertz CT molecular complexity index is 1240. The average molecular weight is 430 g/mol. The number of hydrogen-bond acceptors (Lipinski definition) is 6. The number of nitrogens with zero attached hydrogens (tertiary/aromatic N) is 2. The molecule has 0 bridgehead atoms. The smallest absolute Gasteiger partial charge is 0.259 e. The van der Waals surface area contributed by atoms with Gasteiger partial charge in [0.15, 0.2) is 0 Å². The third-order valence-electron chi connectivity index (χ3n) is 4.90. The van der Waals surface area contributed by atoms with Gasteiger partial charge in [0.2, 0.25) is 11.8 Å². The molecule has 32 heavy (non-hydrogen) atoms. The summed E-state index contributed by atoms with van der Waals surface area (Å²) in [6.07, 6.45) is 5.06. The van der Waals surface area contributed by atoms with Crippen LogP contribution in [0.2, 0.25) is 0 Å². The number of furan rings is 1. The number of benzene rings is 1. The van der Waals surface area contributed by atoms with Crippen molar-refractivity contribution in [2.24, 2.45) is 0 Å². The van der Waals surface area contributed by atoms with E-state index in [9.17, 15) is 9.59 Å². The first-order chi connectivity index (χ1) is 15.5. The van der Waals surface area contributed by atoms with E-state index in [4.69, 9.17) is 8.83 Å². The van der Waals surface area contributed by atoms with E-state index in [0.29, 0.717) is 39.9 Å². The maximum Gasteiger partial charge on any atom is 0.259 e. The Hall–Kier alpha value is -4.20. The highest BCUT2D eigenvalue weighted by atomic mass is 16.4. The molecule has 1 aromatic carbocycles. The fourth-order valence-electron chi connectivity index (χ4n) is 3.20. The van der Waals surface area contributed by atoms with E-state index in [2.05, 4.69) is 20.6 Å². The molecule has 0 spiro atoms. The van der Waals surface area contributed by atoms with Crippen molar-refractivity contribution in [2.45, 2.75) is 26.8 Å². The second kappa shape index (κ2) is 9.30. The van der Waals surface area contributed by atoms with E-state index >= 15 is 0 Å². The number of carbonyl (C=O) groups is 2. The molecular formula is C24H22N4O4. The fraction of sp³-hybridized carbons (Fsp3) is 0.167. The molecule has 0 unspecified atom stereocenters.